The lowest BCUT2D eigenvalue weighted by Gasteiger charge is -2.47. The molecule has 3 aromatic rings. The number of benzene rings is 1. The van der Waals surface area contributed by atoms with Crippen LogP contribution in [0, 0.1) is 23.2 Å². The van der Waals surface area contributed by atoms with Gasteiger partial charge in [-0.05, 0) is 62.3 Å². The summed E-state index contributed by atoms with van der Waals surface area (Å²) in [6, 6.07) is 7.28. The number of rotatable bonds is 7. The lowest BCUT2D eigenvalue weighted by molar-refractivity contribution is 0.112. The van der Waals surface area contributed by atoms with E-state index in [2.05, 4.69) is 26.0 Å². The van der Waals surface area contributed by atoms with Gasteiger partial charge in [-0.25, -0.2) is 14.6 Å². The lowest BCUT2D eigenvalue weighted by Crippen LogP contribution is -2.54. The molecule has 0 aliphatic carbocycles. The Bertz CT molecular complexity index is 1250. The standard InChI is InChI=1S/C25H29Cl2N7O/c1-16(20-6-5-19(26)10-21(20)27)34-25-24(22(11-28)31-34)29-12-23(30-25)33-14-18(15-33)17-4-2-7-32(13-17)8-3-9-35/h5-6,10,12,16-18,35H,2-4,7-9,13-15H2,1H3. The maximum atomic E-state index is 9.62. The second-order valence-electron chi connectivity index (χ2n) is 9.59. The normalized spacial score (nSPS) is 20.1. The molecule has 35 heavy (non-hydrogen) atoms. The fourth-order valence-electron chi connectivity index (χ4n) is 5.34. The average Bonchev–Trinajstić information content (AvgIpc) is 3.20. The van der Waals surface area contributed by atoms with Crippen LogP contribution in [-0.4, -0.2) is 69.1 Å². The van der Waals surface area contributed by atoms with E-state index in [1.165, 1.54) is 12.8 Å². The smallest absolute Gasteiger partial charge is 0.190 e. The molecular formula is C25H29Cl2N7O. The van der Waals surface area contributed by atoms with Crippen molar-refractivity contribution in [1.29, 1.82) is 5.26 Å². The molecule has 8 nitrogen and oxygen atoms in total. The molecule has 184 valence electrons. The van der Waals surface area contributed by atoms with Crippen molar-refractivity contribution in [3.63, 3.8) is 0 Å². The Labute approximate surface area is 215 Å². The number of aromatic nitrogens is 4. The molecule has 2 aromatic heterocycles. The Balaban J connectivity index is 1.35. The molecule has 0 amide bonds. The number of halogens is 2. The summed E-state index contributed by atoms with van der Waals surface area (Å²) < 4.78 is 1.73. The zero-order chi connectivity index (χ0) is 24.5. The van der Waals surface area contributed by atoms with Crippen molar-refractivity contribution >= 4 is 40.2 Å². The highest BCUT2D eigenvalue weighted by Crippen LogP contribution is 2.35. The zero-order valence-electron chi connectivity index (χ0n) is 19.7. The van der Waals surface area contributed by atoms with Gasteiger partial charge in [0.1, 0.15) is 17.4 Å². The average molecular weight is 514 g/mol. The van der Waals surface area contributed by atoms with Crippen LogP contribution in [0.1, 0.15) is 43.5 Å². The number of hydrogen-bond donors (Lipinski definition) is 1. The number of nitriles is 1. The highest BCUT2D eigenvalue weighted by molar-refractivity contribution is 6.35. The van der Waals surface area contributed by atoms with E-state index < -0.39 is 0 Å². The van der Waals surface area contributed by atoms with E-state index in [9.17, 15) is 5.26 Å². The predicted molar refractivity (Wildman–Crippen MR) is 137 cm³/mol. The molecule has 5 rings (SSSR count). The molecule has 0 radical (unpaired) electrons. The summed E-state index contributed by atoms with van der Waals surface area (Å²) in [6.45, 7) is 7.37. The number of anilines is 1. The molecule has 0 saturated carbocycles. The van der Waals surface area contributed by atoms with Crippen molar-refractivity contribution in [3.8, 4) is 6.07 Å². The van der Waals surface area contributed by atoms with Crippen molar-refractivity contribution < 1.29 is 5.11 Å². The summed E-state index contributed by atoms with van der Waals surface area (Å²) in [7, 11) is 0. The second kappa shape index (κ2) is 10.3. The van der Waals surface area contributed by atoms with Gasteiger partial charge in [0.05, 0.1) is 12.2 Å². The molecule has 0 spiro atoms. The first-order valence-electron chi connectivity index (χ1n) is 12.2. The molecule has 10 heteroatoms. The number of hydrogen-bond acceptors (Lipinski definition) is 7. The first-order chi connectivity index (χ1) is 17.0. The zero-order valence-corrected chi connectivity index (χ0v) is 21.3. The van der Waals surface area contributed by atoms with Crippen LogP contribution >= 0.6 is 23.2 Å². The molecule has 1 N–H and O–H groups in total. The first kappa shape index (κ1) is 24.3. The van der Waals surface area contributed by atoms with Gasteiger partial charge in [0.2, 0.25) is 0 Å². The minimum Gasteiger partial charge on any atom is -0.396 e. The Morgan fingerprint density at radius 1 is 1.23 bits per heavy atom. The quantitative estimate of drug-likeness (QED) is 0.507. The van der Waals surface area contributed by atoms with E-state index in [-0.39, 0.29) is 18.3 Å². The van der Waals surface area contributed by atoms with Crippen LogP contribution in [0.4, 0.5) is 5.82 Å². The van der Waals surface area contributed by atoms with Crippen molar-refractivity contribution in [1.82, 2.24) is 24.6 Å². The maximum Gasteiger partial charge on any atom is 0.190 e. The Morgan fingerprint density at radius 3 is 2.80 bits per heavy atom. The molecule has 2 saturated heterocycles. The summed E-state index contributed by atoms with van der Waals surface area (Å²) in [5.41, 5.74) is 2.18. The molecule has 2 aliphatic rings. The fourth-order valence-corrected chi connectivity index (χ4v) is 5.91. The third-order valence-electron chi connectivity index (χ3n) is 7.35. The van der Waals surface area contributed by atoms with Crippen LogP contribution in [-0.2, 0) is 0 Å². The van der Waals surface area contributed by atoms with Crippen LogP contribution in [0.25, 0.3) is 11.2 Å². The van der Waals surface area contributed by atoms with Crippen LogP contribution in [0.2, 0.25) is 10.0 Å². The van der Waals surface area contributed by atoms with E-state index in [1.54, 1.807) is 23.0 Å². The number of aliphatic hydroxyl groups excluding tert-OH is 1. The Morgan fingerprint density at radius 2 is 2.06 bits per heavy atom. The van der Waals surface area contributed by atoms with E-state index in [1.807, 2.05) is 13.0 Å². The van der Waals surface area contributed by atoms with Gasteiger partial charge in [-0.1, -0.05) is 29.3 Å². The van der Waals surface area contributed by atoms with Gasteiger partial charge in [0, 0.05) is 42.8 Å². The van der Waals surface area contributed by atoms with Gasteiger partial charge in [-0.3, -0.25) is 0 Å². The number of aliphatic hydroxyl groups is 1. The molecular weight excluding hydrogens is 485 g/mol. The second-order valence-corrected chi connectivity index (χ2v) is 10.4. The summed E-state index contributed by atoms with van der Waals surface area (Å²) >= 11 is 12.5. The van der Waals surface area contributed by atoms with Crippen LogP contribution < -0.4 is 4.90 Å². The fraction of sp³-hybridized carbons (Fsp3) is 0.520. The number of fused-ring (bicyclic) bond motifs is 1. The molecule has 2 aliphatic heterocycles. The van der Waals surface area contributed by atoms with Crippen molar-refractivity contribution in [3.05, 3.63) is 45.7 Å². The highest BCUT2D eigenvalue weighted by Gasteiger charge is 2.36. The summed E-state index contributed by atoms with van der Waals surface area (Å²) in [6.07, 6.45) is 5.08. The minimum absolute atomic E-state index is 0.245. The molecule has 0 bridgehead atoms. The minimum atomic E-state index is -0.245. The number of likely N-dealkylation sites (tertiary alicyclic amines) is 1. The van der Waals surface area contributed by atoms with Crippen LogP contribution in [0.5, 0.6) is 0 Å². The van der Waals surface area contributed by atoms with Gasteiger partial charge in [-0.15, -0.1) is 0 Å². The van der Waals surface area contributed by atoms with Crippen molar-refractivity contribution in [2.24, 2.45) is 11.8 Å². The topological polar surface area (TPSA) is 94.1 Å². The SMILES string of the molecule is CC(c1ccc(Cl)cc1Cl)n1nc(C#N)c2ncc(N3CC(C4CCCN(CCCO)C4)C3)nc21. The number of nitrogens with zero attached hydrogens (tertiary/aromatic N) is 7. The monoisotopic (exact) mass is 513 g/mol. The third-order valence-corrected chi connectivity index (χ3v) is 7.91. The summed E-state index contributed by atoms with van der Waals surface area (Å²) in [5.74, 6) is 2.12. The first-order valence-corrected chi connectivity index (χ1v) is 12.9. The molecule has 4 heterocycles. The van der Waals surface area contributed by atoms with E-state index in [0.717, 1.165) is 50.5 Å². The maximum absolute atomic E-state index is 9.62. The Kier molecular flexibility index (Phi) is 7.12. The van der Waals surface area contributed by atoms with Gasteiger partial charge in [0.25, 0.3) is 0 Å². The largest absolute Gasteiger partial charge is 0.396 e. The van der Waals surface area contributed by atoms with Gasteiger partial charge in [0.15, 0.2) is 11.3 Å². The third kappa shape index (κ3) is 4.83. The molecule has 1 aromatic carbocycles. The summed E-state index contributed by atoms with van der Waals surface area (Å²) in [4.78, 5) is 14.2. The number of piperidine rings is 1. The molecule has 2 fully saturated rings. The van der Waals surface area contributed by atoms with Gasteiger partial charge < -0.3 is 14.9 Å². The van der Waals surface area contributed by atoms with E-state index >= 15 is 0 Å². The van der Waals surface area contributed by atoms with E-state index in [0.29, 0.717) is 33.0 Å². The Hall–Kier alpha value is -2.44. The molecule has 2 unspecified atom stereocenters. The van der Waals surface area contributed by atoms with Gasteiger partial charge >= 0.3 is 0 Å². The predicted octanol–water partition coefficient (Wildman–Crippen LogP) is 4.14. The van der Waals surface area contributed by atoms with Crippen molar-refractivity contribution in [2.45, 2.75) is 32.2 Å². The lowest BCUT2D eigenvalue weighted by atomic mass is 9.80. The van der Waals surface area contributed by atoms with E-state index in [4.69, 9.17) is 33.3 Å². The van der Waals surface area contributed by atoms with Crippen LogP contribution in [0.15, 0.2) is 24.4 Å². The summed E-state index contributed by atoms with van der Waals surface area (Å²) in [5, 5.41) is 24.4. The van der Waals surface area contributed by atoms with Crippen molar-refractivity contribution in [2.75, 3.05) is 44.2 Å². The molecule has 2 atom stereocenters. The highest BCUT2D eigenvalue weighted by atomic mass is 35.5. The van der Waals surface area contributed by atoms with Gasteiger partial charge in [-0.2, -0.15) is 10.4 Å². The van der Waals surface area contributed by atoms with Crippen LogP contribution in [0.3, 0.4) is 0 Å².